The summed E-state index contributed by atoms with van der Waals surface area (Å²) in [4.78, 5) is 12.3. The summed E-state index contributed by atoms with van der Waals surface area (Å²) in [5, 5.41) is 6.54. The van der Waals surface area contributed by atoms with E-state index in [1.165, 1.54) is 12.5 Å². The maximum atomic E-state index is 12.3. The second-order valence-corrected chi connectivity index (χ2v) is 6.04. The average molecular weight is 328 g/mol. The molecule has 0 saturated heterocycles. The molecule has 2 aliphatic rings. The normalized spacial score (nSPS) is 25.0. The summed E-state index contributed by atoms with van der Waals surface area (Å²) in [7, 11) is 0. The Labute approximate surface area is 144 Å². The van der Waals surface area contributed by atoms with Gasteiger partial charge in [-0.15, -0.1) is 0 Å². The van der Waals surface area contributed by atoms with Crippen molar-refractivity contribution in [2.45, 2.75) is 43.8 Å². The highest BCUT2D eigenvalue weighted by Gasteiger charge is 2.18. The number of nitrogens with one attached hydrogen (secondary N) is 2. The lowest BCUT2D eigenvalue weighted by atomic mass is 10.0. The van der Waals surface area contributed by atoms with Gasteiger partial charge < -0.3 is 22.1 Å². The summed E-state index contributed by atoms with van der Waals surface area (Å²) < 4.78 is 0. The van der Waals surface area contributed by atoms with Crippen molar-refractivity contribution >= 4 is 5.78 Å². The van der Waals surface area contributed by atoms with Gasteiger partial charge in [0.2, 0.25) is 0 Å². The van der Waals surface area contributed by atoms with Crippen LogP contribution in [-0.4, -0.2) is 30.5 Å². The van der Waals surface area contributed by atoms with Gasteiger partial charge in [-0.1, -0.05) is 36.5 Å². The minimum Gasteiger partial charge on any atom is -0.385 e. The first kappa shape index (κ1) is 18.2. The minimum absolute atomic E-state index is 0.140. The van der Waals surface area contributed by atoms with Crippen LogP contribution in [0.5, 0.6) is 0 Å². The van der Waals surface area contributed by atoms with Gasteiger partial charge in [-0.05, 0) is 37.8 Å². The van der Waals surface area contributed by atoms with Crippen LogP contribution < -0.4 is 22.1 Å². The molecule has 0 aromatic rings. The number of carbonyl (C=O) groups excluding carboxylic acids is 1. The molecule has 3 atom stereocenters. The fraction of sp³-hybridized carbons (Fsp3) is 0.421. The highest BCUT2D eigenvalue weighted by Crippen LogP contribution is 2.10. The standard InChI is InChI=1S/C19H28N4O/c20-13-11-17(23-16-9-5-2-6-10-16)19(21)18(24)12-14-22-15-7-3-1-4-8-15/h2-3,5-7,9,11-12,14-16,19,22-23H,1,4,8,10,13,20-21H2/b14-12-,17-11-. The van der Waals surface area contributed by atoms with Crippen molar-refractivity contribution in [2.75, 3.05) is 6.54 Å². The molecule has 6 N–H and O–H groups in total. The highest BCUT2D eigenvalue weighted by molar-refractivity contribution is 5.96. The average Bonchev–Trinajstić information content (AvgIpc) is 2.62. The number of nitrogens with two attached hydrogens (primary N) is 2. The first-order valence-corrected chi connectivity index (χ1v) is 8.59. The minimum atomic E-state index is -0.729. The van der Waals surface area contributed by atoms with Crippen LogP contribution in [0.15, 0.2) is 60.5 Å². The van der Waals surface area contributed by atoms with Crippen molar-refractivity contribution < 1.29 is 4.79 Å². The smallest absolute Gasteiger partial charge is 0.179 e. The van der Waals surface area contributed by atoms with Crippen LogP contribution in [0.25, 0.3) is 0 Å². The predicted octanol–water partition coefficient (Wildman–Crippen LogP) is 1.41. The van der Waals surface area contributed by atoms with E-state index in [-0.39, 0.29) is 11.8 Å². The first-order chi connectivity index (χ1) is 11.7. The van der Waals surface area contributed by atoms with Crippen molar-refractivity contribution in [3.63, 3.8) is 0 Å². The Morgan fingerprint density at radius 1 is 1.25 bits per heavy atom. The lowest BCUT2D eigenvalue weighted by molar-refractivity contribution is -0.115. The van der Waals surface area contributed by atoms with E-state index in [2.05, 4.69) is 28.9 Å². The fourth-order valence-electron chi connectivity index (χ4n) is 2.77. The Morgan fingerprint density at radius 2 is 2.12 bits per heavy atom. The van der Waals surface area contributed by atoms with Crippen molar-refractivity contribution in [2.24, 2.45) is 11.5 Å². The van der Waals surface area contributed by atoms with E-state index >= 15 is 0 Å². The summed E-state index contributed by atoms with van der Waals surface area (Å²) in [5.74, 6) is -0.148. The zero-order chi connectivity index (χ0) is 17.2. The predicted molar refractivity (Wildman–Crippen MR) is 99.0 cm³/mol. The molecule has 0 aliphatic heterocycles. The molecule has 0 bridgehead atoms. The summed E-state index contributed by atoms with van der Waals surface area (Å²) in [6.45, 7) is 0.338. The van der Waals surface area contributed by atoms with Gasteiger partial charge >= 0.3 is 0 Å². The lowest BCUT2D eigenvalue weighted by Gasteiger charge is -2.22. The molecule has 0 aromatic carbocycles. The van der Waals surface area contributed by atoms with Crippen molar-refractivity contribution in [1.29, 1.82) is 0 Å². The fourth-order valence-corrected chi connectivity index (χ4v) is 2.77. The molecular weight excluding hydrogens is 300 g/mol. The Hall–Kier alpha value is -2.11. The van der Waals surface area contributed by atoms with E-state index in [1.54, 1.807) is 12.3 Å². The molecule has 0 radical (unpaired) electrons. The molecule has 2 rings (SSSR count). The topological polar surface area (TPSA) is 93.2 Å². The Kier molecular flexibility index (Phi) is 7.52. The maximum absolute atomic E-state index is 12.3. The monoisotopic (exact) mass is 328 g/mol. The van der Waals surface area contributed by atoms with Crippen LogP contribution in [0.3, 0.4) is 0 Å². The first-order valence-electron chi connectivity index (χ1n) is 8.59. The van der Waals surface area contributed by atoms with Gasteiger partial charge in [-0.3, -0.25) is 4.79 Å². The number of hydrogen-bond donors (Lipinski definition) is 4. The molecule has 0 fully saturated rings. The van der Waals surface area contributed by atoms with E-state index in [4.69, 9.17) is 11.5 Å². The molecule has 0 heterocycles. The van der Waals surface area contributed by atoms with Gasteiger partial charge in [0.15, 0.2) is 5.78 Å². The largest absolute Gasteiger partial charge is 0.385 e. The number of hydrogen-bond acceptors (Lipinski definition) is 5. The van der Waals surface area contributed by atoms with Gasteiger partial charge in [-0.25, -0.2) is 0 Å². The van der Waals surface area contributed by atoms with E-state index in [9.17, 15) is 4.79 Å². The highest BCUT2D eigenvalue weighted by atomic mass is 16.1. The van der Waals surface area contributed by atoms with Gasteiger partial charge in [-0.2, -0.15) is 0 Å². The Bertz CT molecular complexity index is 560. The molecule has 0 amide bonds. The summed E-state index contributed by atoms with van der Waals surface area (Å²) >= 11 is 0. The molecule has 130 valence electrons. The molecular formula is C19H28N4O. The molecule has 0 spiro atoms. The van der Waals surface area contributed by atoms with Crippen LogP contribution in [0.2, 0.25) is 0 Å². The number of ketones is 1. The Morgan fingerprint density at radius 3 is 2.79 bits per heavy atom. The number of carbonyl (C=O) groups is 1. The van der Waals surface area contributed by atoms with E-state index in [0.29, 0.717) is 18.3 Å². The second-order valence-electron chi connectivity index (χ2n) is 6.04. The molecule has 5 heteroatoms. The summed E-state index contributed by atoms with van der Waals surface area (Å²) in [6.07, 6.45) is 21.7. The van der Waals surface area contributed by atoms with Crippen molar-refractivity contribution in [3.8, 4) is 0 Å². The third kappa shape index (κ3) is 5.83. The second kappa shape index (κ2) is 9.90. The quantitative estimate of drug-likeness (QED) is 0.399. The van der Waals surface area contributed by atoms with Crippen molar-refractivity contribution in [3.05, 3.63) is 60.5 Å². The molecule has 2 aliphatic carbocycles. The molecule has 0 saturated carbocycles. The van der Waals surface area contributed by atoms with Crippen LogP contribution in [0, 0.1) is 0 Å². The van der Waals surface area contributed by atoms with Crippen LogP contribution in [-0.2, 0) is 4.79 Å². The van der Waals surface area contributed by atoms with E-state index in [0.717, 1.165) is 19.3 Å². The van der Waals surface area contributed by atoms with E-state index < -0.39 is 6.04 Å². The maximum Gasteiger partial charge on any atom is 0.179 e. The van der Waals surface area contributed by atoms with Crippen LogP contribution in [0.4, 0.5) is 0 Å². The third-order valence-corrected chi connectivity index (χ3v) is 4.12. The number of allylic oxidation sites excluding steroid dienone is 3. The zero-order valence-electron chi connectivity index (χ0n) is 14.0. The summed E-state index contributed by atoms with van der Waals surface area (Å²) in [6, 6.07) is -0.288. The molecule has 5 nitrogen and oxygen atoms in total. The van der Waals surface area contributed by atoms with Crippen LogP contribution >= 0.6 is 0 Å². The number of rotatable bonds is 8. The van der Waals surface area contributed by atoms with Gasteiger partial charge in [0.05, 0.1) is 0 Å². The molecule has 3 unspecified atom stereocenters. The SMILES string of the molecule is NC/C=C(\NC1C=CC=CC1)C(N)C(=O)/C=C\NC1C=CCCC1. The third-order valence-electron chi connectivity index (χ3n) is 4.12. The van der Waals surface area contributed by atoms with Gasteiger partial charge in [0.1, 0.15) is 6.04 Å². The molecule has 24 heavy (non-hydrogen) atoms. The zero-order valence-corrected chi connectivity index (χ0v) is 14.0. The van der Waals surface area contributed by atoms with E-state index in [1.807, 2.05) is 18.2 Å². The Balaban J connectivity index is 1.88. The molecule has 0 aromatic heterocycles. The summed E-state index contributed by atoms with van der Waals surface area (Å²) in [5.41, 5.74) is 12.4. The van der Waals surface area contributed by atoms with Crippen LogP contribution in [0.1, 0.15) is 25.7 Å². The lowest BCUT2D eigenvalue weighted by Crippen LogP contribution is -2.41. The van der Waals surface area contributed by atoms with Gasteiger partial charge in [0.25, 0.3) is 0 Å². The van der Waals surface area contributed by atoms with Gasteiger partial charge in [0, 0.05) is 30.5 Å². The van der Waals surface area contributed by atoms with Crippen molar-refractivity contribution in [1.82, 2.24) is 10.6 Å².